The van der Waals surface area contributed by atoms with Crippen LogP contribution in [0.2, 0.25) is 0 Å². The molecule has 0 aliphatic heterocycles. The summed E-state index contributed by atoms with van der Waals surface area (Å²) in [7, 11) is 1.70. The first-order valence-electron chi connectivity index (χ1n) is 5.22. The van der Waals surface area contributed by atoms with Gasteiger partial charge in [-0.25, -0.2) is 9.59 Å². The third-order valence-corrected chi connectivity index (χ3v) is 2.66. The van der Waals surface area contributed by atoms with Gasteiger partial charge in [0.2, 0.25) is 0 Å². The molecule has 1 amide bonds. The normalized spacial score (nSPS) is 10.6. The number of amides is 1. The van der Waals surface area contributed by atoms with Crippen LogP contribution in [0, 0.1) is 0 Å². The van der Waals surface area contributed by atoms with Crippen LogP contribution < -0.4 is 11.0 Å². The Hall–Kier alpha value is -2.24. The molecular weight excluding hydrogens is 222 g/mol. The first-order valence-corrected chi connectivity index (χ1v) is 5.22. The molecule has 1 aromatic carbocycles. The van der Waals surface area contributed by atoms with Gasteiger partial charge in [-0.05, 0) is 12.1 Å². The summed E-state index contributed by atoms with van der Waals surface area (Å²) in [5.41, 5.74) is 1.51. The van der Waals surface area contributed by atoms with Crippen molar-refractivity contribution in [1.82, 2.24) is 14.5 Å². The monoisotopic (exact) mass is 235 g/mol. The number of fused-ring (bicyclic) bond motifs is 1. The Morgan fingerprint density at radius 2 is 2.00 bits per heavy atom. The van der Waals surface area contributed by atoms with Gasteiger partial charge in [-0.1, -0.05) is 12.1 Å². The summed E-state index contributed by atoms with van der Waals surface area (Å²) in [5, 5.41) is 10.7. The number of carboxylic acid groups (broad SMARTS) is 1. The Morgan fingerprint density at radius 1 is 1.35 bits per heavy atom. The standard InChI is InChI=1S/C11H13N3O3/c1-13-8-4-2-3-5-9(8)14(11(13)17)7-6-12-10(15)16/h2-5,12H,6-7H2,1H3,(H,15,16). The van der Waals surface area contributed by atoms with E-state index in [1.807, 2.05) is 24.3 Å². The van der Waals surface area contributed by atoms with E-state index in [1.165, 1.54) is 0 Å². The Labute approximate surface area is 97.1 Å². The number of aromatic nitrogens is 2. The zero-order chi connectivity index (χ0) is 12.4. The number of para-hydroxylation sites is 2. The second-order valence-electron chi connectivity index (χ2n) is 3.71. The van der Waals surface area contributed by atoms with Crippen LogP contribution in [0.25, 0.3) is 11.0 Å². The molecule has 0 aliphatic carbocycles. The summed E-state index contributed by atoms with van der Waals surface area (Å²) in [4.78, 5) is 22.3. The highest BCUT2D eigenvalue weighted by atomic mass is 16.4. The molecular formula is C11H13N3O3. The Kier molecular flexibility index (Phi) is 2.86. The molecule has 0 unspecified atom stereocenters. The Morgan fingerprint density at radius 3 is 2.65 bits per heavy atom. The first kappa shape index (κ1) is 11.3. The summed E-state index contributed by atoms with van der Waals surface area (Å²) >= 11 is 0. The maximum atomic E-state index is 11.9. The van der Waals surface area contributed by atoms with Gasteiger partial charge in [0.1, 0.15) is 0 Å². The number of hydrogen-bond acceptors (Lipinski definition) is 2. The van der Waals surface area contributed by atoms with Crippen molar-refractivity contribution in [2.24, 2.45) is 7.05 Å². The molecule has 0 atom stereocenters. The minimum Gasteiger partial charge on any atom is -0.465 e. The molecule has 2 N–H and O–H groups in total. The zero-order valence-corrected chi connectivity index (χ0v) is 9.38. The van der Waals surface area contributed by atoms with Crippen LogP contribution in [0.1, 0.15) is 0 Å². The molecule has 0 radical (unpaired) electrons. The molecule has 2 rings (SSSR count). The average Bonchev–Trinajstić information content (AvgIpc) is 2.54. The molecule has 1 aromatic heterocycles. The fourth-order valence-electron chi connectivity index (χ4n) is 1.85. The maximum absolute atomic E-state index is 11.9. The third kappa shape index (κ3) is 2.01. The second-order valence-corrected chi connectivity index (χ2v) is 3.71. The van der Waals surface area contributed by atoms with E-state index in [9.17, 15) is 9.59 Å². The van der Waals surface area contributed by atoms with Crippen LogP contribution in [0.5, 0.6) is 0 Å². The van der Waals surface area contributed by atoms with Gasteiger partial charge in [0.15, 0.2) is 0 Å². The highest BCUT2D eigenvalue weighted by Crippen LogP contribution is 2.10. The minimum absolute atomic E-state index is 0.140. The highest BCUT2D eigenvalue weighted by molar-refractivity contribution is 5.75. The summed E-state index contributed by atoms with van der Waals surface area (Å²) in [6.45, 7) is 0.537. The van der Waals surface area contributed by atoms with E-state index in [0.29, 0.717) is 6.54 Å². The SMILES string of the molecule is Cn1c(=O)n(CCNC(=O)O)c2ccccc21. The predicted molar refractivity (Wildman–Crippen MR) is 63.2 cm³/mol. The summed E-state index contributed by atoms with van der Waals surface area (Å²) in [6, 6.07) is 7.42. The van der Waals surface area contributed by atoms with Crippen LogP contribution in [-0.2, 0) is 13.6 Å². The van der Waals surface area contributed by atoms with Crippen LogP contribution in [0.3, 0.4) is 0 Å². The molecule has 0 bridgehead atoms. The molecule has 0 saturated carbocycles. The van der Waals surface area contributed by atoms with E-state index >= 15 is 0 Å². The summed E-state index contributed by atoms with van der Waals surface area (Å²) < 4.78 is 3.11. The van der Waals surface area contributed by atoms with Gasteiger partial charge >= 0.3 is 11.8 Å². The van der Waals surface area contributed by atoms with Crippen molar-refractivity contribution in [2.45, 2.75) is 6.54 Å². The lowest BCUT2D eigenvalue weighted by Gasteiger charge is -2.02. The number of aryl methyl sites for hydroxylation is 1. The van der Waals surface area contributed by atoms with E-state index in [4.69, 9.17) is 5.11 Å². The molecule has 2 aromatic rings. The van der Waals surface area contributed by atoms with Crippen molar-refractivity contribution < 1.29 is 9.90 Å². The van der Waals surface area contributed by atoms with Crippen molar-refractivity contribution in [2.75, 3.05) is 6.54 Å². The number of hydrogen-bond donors (Lipinski definition) is 2. The van der Waals surface area contributed by atoms with Crippen molar-refractivity contribution in [1.29, 1.82) is 0 Å². The average molecular weight is 235 g/mol. The smallest absolute Gasteiger partial charge is 0.404 e. The molecule has 0 spiro atoms. The largest absolute Gasteiger partial charge is 0.465 e. The van der Waals surface area contributed by atoms with Gasteiger partial charge in [0, 0.05) is 20.1 Å². The highest BCUT2D eigenvalue weighted by Gasteiger charge is 2.09. The van der Waals surface area contributed by atoms with Gasteiger partial charge in [0.05, 0.1) is 11.0 Å². The van der Waals surface area contributed by atoms with Gasteiger partial charge in [-0.2, -0.15) is 0 Å². The van der Waals surface area contributed by atoms with Crippen molar-refractivity contribution >= 4 is 17.1 Å². The quantitative estimate of drug-likeness (QED) is 0.818. The van der Waals surface area contributed by atoms with Gasteiger partial charge in [-0.3, -0.25) is 9.13 Å². The molecule has 6 heteroatoms. The van der Waals surface area contributed by atoms with E-state index in [0.717, 1.165) is 11.0 Å². The minimum atomic E-state index is -1.08. The Bertz CT molecular complexity index is 612. The lowest BCUT2D eigenvalue weighted by atomic mass is 10.3. The molecule has 1 heterocycles. The zero-order valence-electron chi connectivity index (χ0n) is 9.38. The van der Waals surface area contributed by atoms with Gasteiger partial charge in [0.25, 0.3) is 0 Å². The number of carbonyl (C=O) groups is 1. The van der Waals surface area contributed by atoms with E-state index in [1.54, 1.807) is 16.2 Å². The lowest BCUT2D eigenvalue weighted by molar-refractivity contribution is 0.194. The predicted octanol–water partition coefficient (Wildman–Crippen LogP) is 0.608. The van der Waals surface area contributed by atoms with Crippen molar-refractivity contribution in [3.05, 3.63) is 34.7 Å². The van der Waals surface area contributed by atoms with E-state index in [2.05, 4.69) is 5.32 Å². The van der Waals surface area contributed by atoms with Crippen LogP contribution in [-0.4, -0.2) is 26.9 Å². The molecule has 6 nitrogen and oxygen atoms in total. The molecule has 17 heavy (non-hydrogen) atoms. The number of nitrogens with zero attached hydrogens (tertiary/aromatic N) is 2. The van der Waals surface area contributed by atoms with Gasteiger partial charge < -0.3 is 10.4 Å². The number of imidazole rings is 1. The molecule has 90 valence electrons. The molecule has 0 fully saturated rings. The van der Waals surface area contributed by atoms with Crippen LogP contribution in [0.15, 0.2) is 29.1 Å². The van der Waals surface area contributed by atoms with Gasteiger partial charge in [-0.15, -0.1) is 0 Å². The topological polar surface area (TPSA) is 76.3 Å². The molecule has 0 aliphatic rings. The third-order valence-electron chi connectivity index (χ3n) is 2.66. The maximum Gasteiger partial charge on any atom is 0.404 e. The van der Waals surface area contributed by atoms with Crippen LogP contribution >= 0.6 is 0 Å². The van der Waals surface area contributed by atoms with E-state index in [-0.39, 0.29) is 12.2 Å². The Balaban J connectivity index is 2.36. The van der Waals surface area contributed by atoms with Crippen molar-refractivity contribution in [3.63, 3.8) is 0 Å². The van der Waals surface area contributed by atoms with Crippen molar-refractivity contribution in [3.8, 4) is 0 Å². The fourth-order valence-corrected chi connectivity index (χ4v) is 1.85. The van der Waals surface area contributed by atoms with Crippen LogP contribution in [0.4, 0.5) is 4.79 Å². The van der Waals surface area contributed by atoms with E-state index < -0.39 is 6.09 Å². The number of benzene rings is 1. The molecule has 0 saturated heterocycles. The number of nitrogens with one attached hydrogen (secondary N) is 1. The summed E-state index contributed by atoms with van der Waals surface area (Å²) in [5.74, 6) is 0. The number of rotatable bonds is 3. The first-order chi connectivity index (χ1) is 8.11. The summed E-state index contributed by atoms with van der Waals surface area (Å²) in [6.07, 6.45) is -1.08. The lowest BCUT2D eigenvalue weighted by Crippen LogP contribution is -2.30. The second kappa shape index (κ2) is 4.32. The fraction of sp³-hybridized carbons (Fsp3) is 0.273.